The molecule has 2 aromatic rings. The predicted molar refractivity (Wildman–Crippen MR) is 141 cm³/mol. The average Bonchev–Trinajstić information content (AvgIpc) is 2.83. The number of anilines is 1. The lowest BCUT2D eigenvalue weighted by Gasteiger charge is -2.32. The molecule has 0 aromatic heterocycles. The van der Waals surface area contributed by atoms with Crippen LogP contribution in [0.3, 0.4) is 0 Å². The summed E-state index contributed by atoms with van der Waals surface area (Å²) >= 11 is 12.2. The number of rotatable bonds is 12. The Morgan fingerprint density at radius 3 is 2.26 bits per heavy atom. The second-order valence-corrected chi connectivity index (χ2v) is 11.1. The summed E-state index contributed by atoms with van der Waals surface area (Å²) in [4.78, 5) is 27.8. The number of nitrogens with one attached hydrogen (secondary N) is 1. The molecule has 0 spiro atoms. The van der Waals surface area contributed by atoms with Crippen LogP contribution in [0, 0.1) is 0 Å². The van der Waals surface area contributed by atoms with Crippen molar-refractivity contribution in [1.82, 2.24) is 14.5 Å². The number of halogens is 2. The number of carbonyl (C=O) groups is 2. The van der Waals surface area contributed by atoms with Gasteiger partial charge in [-0.15, -0.1) is 0 Å². The third-order valence-electron chi connectivity index (χ3n) is 5.40. The van der Waals surface area contributed by atoms with Crippen molar-refractivity contribution in [3.05, 3.63) is 64.1 Å². The Labute approximate surface area is 218 Å². The van der Waals surface area contributed by atoms with Gasteiger partial charge >= 0.3 is 10.2 Å². The molecule has 35 heavy (non-hydrogen) atoms. The molecule has 2 amide bonds. The molecule has 0 unspecified atom stereocenters. The van der Waals surface area contributed by atoms with E-state index in [-0.39, 0.29) is 12.5 Å². The van der Waals surface area contributed by atoms with Crippen LogP contribution < -0.4 is 9.62 Å². The molecular weight excluding hydrogens is 511 g/mol. The van der Waals surface area contributed by atoms with Crippen LogP contribution in [0.15, 0.2) is 48.5 Å². The molecule has 11 heteroatoms. The summed E-state index contributed by atoms with van der Waals surface area (Å²) in [5.41, 5.74) is 0.992. The van der Waals surface area contributed by atoms with Crippen molar-refractivity contribution in [3.63, 3.8) is 0 Å². The molecule has 0 saturated carbocycles. The molecule has 0 aliphatic heterocycles. The maximum Gasteiger partial charge on any atom is 0.304 e. The average molecular weight is 544 g/mol. The summed E-state index contributed by atoms with van der Waals surface area (Å²) in [6.07, 6.45) is 1.72. The lowest BCUT2D eigenvalue weighted by Crippen LogP contribution is -2.52. The van der Waals surface area contributed by atoms with Crippen LogP contribution in [0.25, 0.3) is 0 Å². The van der Waals surface area contributed by atoms with Gasteiger partial charge in [-0.25, -0.2) is 4.31 Å². The molecule has 0 fully saturated rings. The van der Waals surface area contributed by atoms with Crippen LogP contribution in [0.1, 0.15) is 32.3 Å². The van der Waals surface area contributed by atoms with Crippen LogP contribution in [-0.4, -0.2) is 62.7 Å². The van der Waals surface area contributed by atoms with Crippen LogP contribution in [0.2, 0.25) is 10.0 Å². The van der Waals surface area contributed by atoms with Gasteiger partial charge in [0.2, 0.25) is 11.8 Å². The topological polar surface area (TPSA) is 90.0 Å². The monoisotopic (exact) mass is 542 g/mol. The highest BCUT2D eigenvalue weighted by molar-refractivity contribution is 7.90. The van der Waals surface area contributed by atoms with E-state index < -0.39 is 28.7 Å². The molecule has 192 valence electrons. The van der Waals surface area contributed by atoms with Gasteiger partial charge in [-0.05, 0) is 43.2 Å². The molecule has 2 rings (SSSR count). The van der Waals surface area contributed by atoms with Crippen molar-refractivity contribution in [3.8, 4) is 0 Å². The number of nitrogens with zero attached hydrogens (tertiary/aromatic N) is 3. The summed E-state index contributed by atoms with van der Waals surface area (Å²) in [6, 6.07) is 12.4. The van der Waals surface area contributed by atoms with E-state index in [1.165, 1.54) is 19.0 Å². The fourth-order valence-electron chi connectivity index (χ4n) is 3.26. The molecule has 1 N–H and O–H groups in total. The first-order valence-electron chi connectivity index (χ1n) is 11.2. The molecule has 2 aromatic carbocycles. The molecule has 8 nitrogen and oxygen atoms in total. The largest absolute Gasteiger partial charge is 0.354 e. The zero-order chi connectivity index (χ0) is 26.2. The number of carbonyl (C=O) groups excluding carboxylic acids is 2. The first-order chi connectivity index (χ1) is 16.5. The standard InChI is InChI=1S/C24H32Cl2N4O4S/c1-5-6-14-27-24(32)18(2)29(16-19-12-13-21(25)22(26)15-19)23(31)17-30(35(33,34)28(3)4)20-10-8-7-9-11-20/h7-13,15,18H,5-6,14,16-17H2,1-4H3,(H,27,32)/t18-/m1/s1. The SMILES string of the molecule is CCCCNC(=O)[C@@H](C)N(Cc1ccc(Cl)c(Cl)c1)C(=O)CN(c1ccccc1)S(=O)(=O)N(C)C. The van der Waals surface area contributed by atoms with E-state index in [0.29, 0.717) is 27.8 Å². The second kappa shape index (κ2) is 13.1. The van der Waals surface area contributed by atoms with E-state index >= 15 is 0 Å². The first kappa shape index (κ1) is 28.9. The second-order valence-electron chi connectivity index (χ2n) is 8.22. The van der Waals surface area contributed by atoms with Crippen LogP contribution >= 0.6 is 23.2 Å². The first-order valence-corrected chi connectivity index (χ1v) is 13.4. The minimum Gasteiger partial charge on any atom is -0.354 e. The third kappa shape index (κ3) is 7.83. The highest BCUT2D eigenvalue weighted by atomic mass is 35.5. The van der Waals surface area contributed by atoms with Crippen LogP contribution in [0.5, 0.6) is 0 Å². The summed E-state index contributed by atoms with van der Waals surface area (Å²) < 4.78 is 28.2. The Kier molecular flexibility index (Phi) is 10.8. The van der Waals surface area contributed by atoms with E-state index in [1.807, 2.05) is 6.92 Å². The number of para-hydroxylation sites is 1. The lowest BCUT2D eigenvalue weighted by molar-refractivity contribution is -0.139. The predicted octanol–water partition coefficient (Wildman–Crippen LogP) is 3.94. The number of hydrogen-bond acceptors (Lipinski definition) is 4. The van der Waals surface area contributed by atoms with E-state index in [9.17, 15) is 18.0 Å². The maximum absolute atomic E-state index is 13.6. The van der Waals surface area contributed by atoms with E-state index in [2.05, 4.69) is 5.32 Å². The van der Waals surface area contributed by atoms with Gasteiger partial charge in [0.05, 0.1) is 15.7 Å². The Hall–Kier alpha value is -2.33. The van der Waals surface area contributed by atoms with Gasteiger partial charge in [0, 0.05) is 27.2 Å². The fraction of sp³-hybridized carbons (Fsp3) is 0.417. The van der Waals surface area contributed by atoms with E-state index in [4.69, 9.17) is 23.2 Å². The van der Waals surface area contributed by atoms with Crippen molar-refractivity contribution < 1.29 is 18.0 Å². The zero-order valence-electron chi connectivity index (χ0n) is 20.4. The molecule has 0 saturated heterocycles. The molecule has 0 radical (unpaired) electrons. The highest BCUT2D eigenvalue weighted by Crippen LogP contribution is 2.24. The Morgan fingerprint density at radius 1 is 1.03 bits per heavy atom. The zero-order valence-corrected chi connectivity index (χ0v) is 22.7. The Balaban J connectivity index is 2.41. The van der Waals surface area contributed by atoms with Gasteiger partial charge in [0.1, 0.15) is 12.6 Å². The van der Waals surface area contributed by atoms with Crippen molar-refractivity contribution in [2.24, 2.45) is 0 Å². The summed E-state index contributed by atoms with van der Waals surface area (Å²) in [7, 11) is -1.20. The molecule has 0 bridgehead atoms. The number of amides is 2. The summed E-state index contributed by atoms with van der Waals surface area (Å²) in [5.74, 6) is -0.864. The van der Waals surface area contributed by atoms with E-state index in [0.717, 1.165) is 21.5 Å². The number of benzene rings is 2. The summed E-state index contributed by atoms with van der Waals surface area (Å²) in [6.45, 7) is 3.67. The molecule has 1 atom stereocenters. The van der Waals surface area contributed by atoms with Crippen molar-refractivity contribution >= 4 is 50.9 Å². The van der Waals surface area contributed by atoms with Gasteiger partial charge in [-0.2, -0.15) is 12.7 Å². The molecular formula is C24H32Cl2N4O4S. The van der Waals surface area contributed by atoms with Crippen LogP contribution in [0.4, 0.5) is 5.69 Å². The lowest BCUT2D eigenvalue weighted by atomic mass is 10.1. The van der Waals surface area contributed by atoms with Gasteiger partial charge in [-0.1, -0.05) is 60.8 Å². The van der Waals surface area contributed by atoms with Gasteiger partial charge < -0.3 is 10.2 Å². The minimum absolute atomic E-state index is 0.0444. The highest BCUT2D eigenvalue weighted by Gasteiger charge is 2.32. The summed E-state index contributed by atoms with van der Waals surface area (Å²) in [5, 5.41) is 3.52. The van der Waals surface area contributed by atoms with Crippen molar-refractivity contribution in [2.45, 2.75) is 39.3 Å². The molecule has 0 aliphatic rings. The van der Waals surface area contributed by atoms with E-state index in [1.54, 1.807) is 55.5 Å². The maximum atomic E-state index is 13.6. The third-order valence-corrected chi connectivity index (χ3v) is 7.96. The number of unbranched alkanes of at least 4 members (excludes halogenated alkanes) is 1. The number of hydrogen-bond donors (Lipinski definition) is 1. The van der Waals surface area contributed by atoms with Gasteiger partial charge in [-0.3, -0.25) is 9.59 Å². The van der Waals surface area contributed by atoms with Crippen molar-refractivity contribution in [1.29, 1.82) is 0 Å². The van der Waals surface area contributed by atoms with Gasteiger partial charge in [0.25, 0.3) is 0 Å². The molecule has 0 aliphatic carbocycles. The fourth-order valence-corrected chi connectivity index (χ4v) is 4.64. The smallest absolute Gasteiger partial charge is 0.304 e. The van der Waals surface area contributed by atoms with Crippen LogP contribution in [-0.2, 0) is 26.3 Å². The normalized spacial score (nSPS) is 12.3. The van der Waals surface area contributed by atoms with Crippen molar-refractivity contribution in [2.75, 3.05) is 31.5 Å². The Bertz CT molecular complexity index is 1110. The Morgan fingerprint density at radius 2 is 1.69 bits per heavy atom. The molecule has 0 heterocycles. The quantitative estimate of drug-likeness (QED) is 0.411. The van der Waals surface area contributed by atoms with Gasteiger partial charge in [0.15, 0.2) is 0 Å². The minimum atomic E-state index is -3.99.